The SMILES string of the molecule is O=C1CC2CSCCN2C(=O)N1c1cc(Cl)ccc1Cl. The van der Waals surface area contributed by atoms with Gasteiger partial charge in [0.05, 0.1) is 16.8 Å². The number of rotatable bonds is 1. The van der Waals surface area contributed by atoms with E-state index in [1.807, 2.05) is 0 Å². The van der Waals surface area contributed by atoms with Gasteiger partial charge >= 0.3 is 6.03 Å². The number of hydrogen-bond acceptors (Lipinski definition) is 3. The van der Waals surface area contributed by atoms with Crippen LogP contribution in [-0.2, 0) is 4.79 Å². The molecule has 1 unspecified atom stereocenters. The number of anilines is 1. The van der Waals surface area contributed by atoms with Crippen molar-refractivity contribution >= 4 is 52.6 Å². The Morgan fingerprint density at radius 3 is 2.85 bits per heavy atom. The van der Waals surface area contributed by atoms with E-state index in [1.54, 1.807) is 34.9 Å². The third-order valence-electron chi connectivity index (χ3n) is 3.47. The van der Waals surface area contributed by atoms with Gasteiger partial charge < -0.3 is 4.90 Å². The maximum Gasteiger partial charge on any atom is 0.331 e. The van der Waals surface area contributed by atoms with E-state index < -0.39 is 0 Å². The molecule has 0 aliphatic carbocycles. The Labute approximate surface area is 131 Å². The van der Waals surface area contributed by atoms with Crippen molar-refractivity contribution in [2.24, 2.45) is 0 Å². The third kappa shape index (κ3) is 2.38. The molecule has 7 heteroatoms. The van der Waals surface area contributed by atoms with Crippen molar-refractivity contribution in [3.8, 4) is 0 Å². The predicted octanol–water partition coefficient (Wildman–Crippen LogP) is 3.27. The lowest BCUT2D eigenvalue weighted by Crippen LogP contribution is -2.60. The van der Waals surface area contributed by atoms with E-state index in [2.05, 4.69) is 0 Å². The van der Waals surface area contributed by atoms with Gasteiger partial charge in [-0.25, -0.2) is 9.69 Å². The van der Waals surface area contributed by atoms with Crippen molar-refractivity contribution < 1.29 is 9.59 Å². The van der Waals surface area contributed by atoms with Crippen LogP contribution in [0, 0.1) is 0 Å². The number of thioether (sulfide) groups is 1. The first kappa shape index (κ1) is 14.0. The number of nitrogens with zero attached hydrogens (tertiary/aromatic N) is 2. The molecule has 3 rings (SSSR count). The van der Waals surface area contributed by atoms with Crippen LogP contribution in [-0.4, -0.2) is 40.9 Å². The largest absolute Gasteiger partial charge is 0.331 e. The Hall–Kier alpha value is -0.910. The van der Waals surface area contributed by atoms with E-state index in [1.165, 1.54) is 0 Å². The molecule has 1 aromatic rings. The van der Waals surface area contributed by atoms with Crippen molar-refractivity contribution in [2.75, 3.05) is 23.0 Å². The molecule has 2 aliphatic heterocycles. The second-order valence-corrected chi connectivity index (χ2v) is 6.73. The molecule has 3 amide bonds. The van der Waals surface area contributed by atoms with Crippen LogP contribution in [0.3, 0.4) is 0 Å². The Morgan fingerprint density at radius 2 is 2.05 bits per heavy atom. The standard InChI is InChI=1S/C13H12Cl2N2O2S/c14-8-1-2-10(15)11(5-8)17-12(18)6-9-7-20-4-3-16(9)13(17)19/h1-2,5,9H,3-4,6-7H2. The van der Waals surface area contributed by atoms with Crippen molar-refractivity contribution in [2.45, 2.75) is 12.5 Å². The molecule has 1 aromatic carbocycles. The fraction of sp³-hybridized carbons (Fsp3) is 0.385. The molecule has 2 fully saturated rings. The fourth-order valence-corrected chi connectivity index (χ4v) is 3.93. The summed E-state index contributed by atoms with van der Waals surface area (Å²) in [5, 5.41) is 0.794. The first-order chi connectivity index (χ1) is 9.58. The van der Waals surface area contributed by atoms with E-state index in [9.17, 15) is 9.59 Å². The molecule has 0 spiro atoms. The van der Waals surface area contributed by atoms with E-state index in [-0.39, 0.29) is 18.0 Å². The zero-order chi connectivity index (χ0) is 14.3. The fourth-order valence-electron chi connectivity index (χ4n) is 2.50. The lowest BCUT2D eigenvalue weighted by molar-refractivity contribution is -0.120. The maximum absolute atomic E-state index is 12.6. The molecule has 20 heavy (non-hydrogen) atoms. The second kappa shape index (κ2) is 5.47. The van der Waals surface area contributed by atoms with Crippen LogP contribution < -0.4 is 4.90 Å². The van der Waals surface area contributed by atoms with Gasteiger partial charge in [0, 0.05) is 29.5 Å². The number of halogens is 2. The van der Waals surface area contributed by atoms with Gasteiger partial charge in [0.1, 0.15) is 0 Å². The molecule has 4 nitrogen and oxygen atoms in total. The zero-order valence-electron chi connectivity index (χ0n) is 10.5. The normalized spacial score (nSPS) is 23.0. The monoisotopic (exact) mass is 330 g/mol. The van der Waals surface area contributed by atoms with Gasteiger partial charge in [-0.2, -0.15) is 11.8 Å². The summed E-state index contributed by atoms with van der Waals surface area (Å²) in [6, 6.07) is 4.49. The minimum atomic E-state index is -0.296. The molecule has 0 N–H and O–H groups in total. The van der Waals surface area contributed by atoms with Crippen molar-refractivity contribution in [3.63, 3.8) is 0 Å². The Bertz CT molecular complexity index is 581. The number of urea groups is 1. The minimum absolute atomic E-state index is 0.00274. The Balaban J connectivity index is 1.98. The first-order valence-electron chi connectivity index (χ1n) is 6.24. The molecule has 1 atom stereocenters. The average molecular weight is 331 g/mol. The van der Waals surface area contributed by atoms with Crippen LogP contribution in [0.5, 0.6) is 0 Å². The van der Waals surface area contributed by atoms with Crippen LogP contribution >= 0.6 is 35.0 Å². The lowest BCUT2D eigenvalue weighted by Gasteiger charge is -2.42. The van der Waals surface area contributed by atoms with Gasteiger partial charge in [-0.05, 0) is 18.2 Å². The highest BCUT2D eigenvalue weighted by molar-refractivity contribution is 7.99. The highest BCUT2D eigenvalue weighted by Gasteiger charge is 2.41. The van der Waals surface area contributed by atoms with Crippen LogP contribution in [0.25, 0.3) is 0 Å². The van der Waals surface area contributed by atoms with Crippen molar-refractivity contribution in [1.29, 1.82) is 0 Å². The van der Waals surface area contributed by atoms with Crippen LogP contribution in [0.1, 0.15) is 6.42 Å². The van der Waals surface area contributed by atoms with Crippen LogP contribution in [0.4, 0.5) is 10.5 Å². The minimum Gasteiger partial charge on any atom is -0.319 e. The molecule has 2 heterocycles. The summed E-state index contributed by atoms with van der Waals surface area (Å²) in [6.07, 6.45) is 0.335. The summed E-state index contributed by atoms with van der Waals surface area (Å²) in [5.41, 5.74) is 0.367. The predicted molar refractivity (Wildman–Crippen MR) is 81.8 cm³/mol. The summed E-state index contributed by atoms with van der Waals surface area (Å²) in [4.78, 5) is 27.8. The number of fused-ring (bicyclic) bond motifs is 1. The lowest BCUT2D eigenvalue weighted by atomic mass is 10.1. The molecular formula is C13H12Cl2N2O2S. The van der Waals surface area contributed by atoms with Crippen molar-refractivity contribution in [3.05, 3.63) is 28.2 Å². The van der Waals surface area contributed by atoms with Gasteiger partial charge in [0.2, 0.25) is 5.91 Å². The summed E-state index contributed by atoms with van der Waals surface area (Å²) in [7, 11) is 0. The molecule has 0 radical (unpaired) electrons. The number of carbonyl (C=O) groups excluding carboxylic acids is 2. The van der Waals surface area contributed by atoms with Crippen LogP contribution in [0.2, 0.25) is 10.0 Å². The van der Waals surface area contributed by atoms with E-state index in [0.29, 0.717) is 28.7 Å². The molecule has 106 valence electrons. The quantitative estimate of drug-likeness (QED) is 0.793. The number of amides is 3. The van der Waals surface area contributed by atoms with E-state index in [0.717, 1.165) is 16.4 Å². The first-order valence-corrected chi connectivity index (χ1v) is 8.15. The highest BCUT2D eigenvalue weighted by Crippen LogP contribution is 2.34. The van der Waals surface area contributed by atoms with Gasteiger partial charge in [-0.1, -0.05) is 23.2 Å². The van der Waals surface area contributed by atoms with Gasteiger partial charge in [0.15, 0.2) is 0 Å². The van der Waals surface area contributed by atoms with E-state index >= 15 is 0 Å². The molecule has 2 aliphatic rings. The Morgan fingerprint density at radius 1 is 1.25 bits per heavy atom. The number of imide groups is 1. The number of benzene rings is 1. The maximum atomic E-state index is 12.6. The summed E-state index contributed by atoms with van der Waals surface area (Å²) in [5.74, 6) is 1.49. The smallest absolute Gasteiger partial charge is 0.319 e. The zero-order valence-corrected chi connectivity index (χ0v) is 12.8. The van der Waals surface area contributed by atoms with Gasteiger partial charge in [-0.15, -0.1) is 0 Å². The summed E-state index contributed by atoms with van der Waals surface area (Å²) in [6.45, 7) is 0.663. The third-order valence-corrected chi connectivity index (χ3v) is 5.12. The molecule has 0 aromatic heterocycles. The van der Waals surface area contributed by atoms with Gasteiger partial charge in [0.25, 0.3) is 0 Å². The molecular weight excluding hydrogens is 319 g/mol. The van der Waals surface area contributed by atoms with Gasteiger partial charge in [-0.3, -0.25) is 4.79 Å². The molecule has 2 saturated heterocycles. The summed E-state index contributed by atoms with van der Waals surface area (Å²) >= 11 is 13.8. The Kier molecular flexibility index (Phi) is 3.84. The van der Waals surface area contributed by atoms with Crippen molar-refractivity contribution in [1.82, 2.24) is 4.90 Å². The molecule has 0 saturated carbocycles. The number of hydrogen-bond donors (Lipinski definition) is 0. The number of carbonyl (C=O) groups is 2. The molecule has 0 bridgehead atoms. The van der Waals surface area contributed by atoms with E-state index in [4.69, 9.17) is 23.2 Å². The second-order valence-electron chi connectivity index (χ2n) is 4.73. The van der Waals surface area contributed by atoms with Crippen LogP contribution in [0.15, 0.2) is 18.2 Å². The topological polar surface area (TPSA) is 40.6 Å². The highest BCUT2D eigenvalue weighted by atomic mass is 35.5. The summed E-state index contributed by atoms with van der Waals surface area (Å²) < 4.78 is 0. The average Bonchev–Trinajstić information content (AvgIpc) is 2.42.